The summed E-state index contributed by atoms with van der Waals surface area (Å²) in [6.07, 6.45) is 1.93. The van der Waals surface area contributed by atoms with Gasteiger partial charge >= 0.3 is 0 Å². The Morgan fingerprint density at radius 1 is 1.12 bits per heavy atom. The first kappa shape index (κ1) is 20.6. The lowest BCUT2D eigenvalue weighted by Gasteiger charge is -2.21. The second kappa shape index (κ2) is 8.68. The Hall–Kier alpha value is -3.29. The predicted octanol–water partition coefficient (Wildman–Crippen LogP) is 4.04. The van der Waals surface area contributed by atoms with Crippen LogP contribution in [0.1, 0.15) is 26.6 Å². The van der Waals surface area contributed by atoms with Crippen molar-refractivity contribution in [3.63, 3.8) is 0 Å². The first-order valence-corrected chi connectivity index (χ1v) is 11.4. The minimum atomic E-state index is -0.201. The first-order valence-electron chi connectivity index (χ1n) is 10.6. The summed E-state index contributed by atoms with van der Waals surface area (Å²) in [5, 5.41) is 0.538. The molecule has 0 unspecified atom stereocenters. The van der Waals surface area contributed by atoms with Crippen LogP contribution in [0.25, 0.3) is 21.3 Å². The van der Waals surface area contributed by atoms with Crippen LogP contribution in [0.4, 0.5) is 0 Å². The second-order valence-electron chi connectivity index (χ2n) is 7.87. The molecule has 0 radical (unpaired) electrons. The number of hydrogen-bond donors (Lipinski definition) is 1. The highest BCUT2D eigenvalue weighted by Crippen LogP contribution is 2.39. The number of benzene rings is 2. The number of methoxy groups -OCH3 is 1. The maximum Gasteiger partial charge on any atom is 0.264 e. The summed E-state index contributed by atoms with van der Waals surface area (Å²) in [5.74, 6) is 0.388. The number of nitrogens with one attached hydrogen (secondary N) is 1. The van der Waals surface area contributed by atoms with Gasteiger partial charge in [-0.15, -0.1) is 11.3 Å². The molecule has 2 aromatic heterocycles. The number of ether oxygens (including phenoxy) is 1. The predicted molar refractivity (Wildman–Crippen MR) is 126 cm³/mol. The fourth-order valence-corrected chi connectivity index (χ4v) is 5.42. The summed E-state index contributed by atoms with van der Waals surface area (Å²) in [6, 6.07) is 17.6. The molecule has 0 aliphatic heterocycles. The molecule has 1 N–H and O–H groups in total. The van der Waals surface area contributed by atoms with Gasteiger partial charge in [0.1, 0.15) is 5.82 Å². The zero-order chi connectivity index (χ0) is 22.1. The largest absolute Gasteiger partial charge is 0.383 e. The monoisotopic (exact) mass is 445 g/mol. The molecule has 5 rings (SSSR count). The Morgan fingerprint density at radius 2 is 1.91 bits per heavy atom. The quantitative estimate of drug-likeness (QED) is 0.486. The number of aromatic nitrogens is 2. The molecule has 0 bridgehead atoms. The molecule has 162 valence electrons. The molecule has 0 fully saturated rings. The Bertz CT molecular complexity index is 1360. The van der Waals surface area contributed by atoms with Gasteiger partial charge in [-0.05, 0) is 47.7 Å². The van der Waals surface area contributed by atoms with E-state index in [0.717, 1.165) is 12.8 Å². The lowest BCUT2D eigenvalue weighted by molar-refractivity contribution is 0.0680. The number of carbonyl (C=O) groups is 1. The first-order chi connectivity index (χ1) is 15.6. The van der Waals surface area contributed by atoms with E-state index in [4.69, 9.17) is 4.74 Å². The number of aryl methyl sites for hydroxylation is 2. The zero-order valence-corrected chi connectivity index (χ0v) is 18.6. The number of fused-ring (bicyclic) bond motifs is 4. The molecule has 7 heteroatoms. The number of para-hydroxylation sites is 1. The Morgan fingerprint density at radius 3 is 2.78 bits per heavy atom. The van der Waals surface area contributed by atoms with Gasteiger partial charge in [-0.3, -0.25) is 9.59 Å². The molecule has 2 heterocycles. The number of H-pyrrole nitrogens is 1. The molecule has 4 aromatic rings. The SMILES string of the molecule is COCCN(Cc1nc2ccccc2c(=O)[nH]1)C(=O)c1cc2c(s1)-c1ccccc1CC2. The minimum absolute atomic E-state index is 0.0743. The van der Waals surface area contributed by atoms with E-state index in [1.807, 2.05) is 24.3 Å². The van der Waals surface area contributed by atoms with Gasteiger partial charge in [0.15, 0.2) is 0 Å². The zero-order valence-electron chi connectivity index (χ0n) is 17.8. The number of aromatic amines is 1. The number of hydrogen-bond acceptors (Lipinski definition) is 5. The number of nitrogens with zero attached hydrogens (tertiary/aromatic N) is 2. The average Bonchev–Trinajstić information content (AvgIpc) is 3.26. The summed E-state index contributed by atoms with van der Waals surface area (Å²) in [5.41, 5.74) is 4.19. The van der Waals surface area contributed by atoms with Crippen LogP contribution >= 0.6 is 11.3 Å². The average molecular weight is 446 g/mol. The maximum absolute atomic E-state index is 13.5. The fraction of sp³-hybridized carbons (Fsp3) is 0.240. The highest BCUT2D eigenvalue weighted by Gasteiger charge is 2.24. The standard InChI is InChI=1S/C25H23N3O3S/c1-31-13-12-28(15-22-26-20-9-5-4-8-19(20)24(29)27-22)25(30)21-14-17-11-10-16-6-2-3-7-18(16)23(17)32-21/h2-9,14H,10-13,15H2,1H3,(H,26,27,29). The van der Waals surface area contributed by atoms with Crippen molar-refractivity contribution in [2.24, 2.45) is 0 Å². The van der Waals surface area contributed by atoms with E-state index in [9.17, 15) is 9.59 Å². The van der Waals surface area contributed by atoms with E-state index < -0.39 is 0 Å². The van der Waals surface area contributed by atoms with Gasteiger partial charge in [0.05, 0.1) is 28.9 Å². The Kier molecular flexibility index (Phi) is 5.59. The van der Waals surface area contributed by atoms with E-state index in [2.05, 4.69) is 28.2 Å². The third-order valence-corrected chi connectivity index (χ3v) is 7.00. The van der Waals surface area contributed by atoms with Crippen LogP contribution in [0.5, 0.6) is 0 Å². The fourth-order valence-electron chi connectivity index (χ4n) is 4.18. The lowest BCUT2D eigenvalue weighted by atomic mass is 9.91. The second-order valence-corrected chi connectivity index (χ2v) is 8.92. The van der Waals surface area contributed by atoms with Gasteiger partial charge in [-0.25, -0.2) is 4.98 Å². The van der Waals surface area contributed by atoms with Crippen LogP contribution in [0.3, 0.4) is 0 Å². The van der Waals surface area contributed by atoms with Gasteiger partial charge in [0, 0.05) is 18.5 Å². The maximum atomic E-state index is 13.5. The Balaban J connectivity index is 1.46. The number of rotatable bonds is 6. The number of amides is 1. The molecule has 1 aliphatic carbocycles. The van der Waals surface area contributed by atoms with Crippen LogP contribution in [0.15, 0.2) is 59.4 Å². The normalized spacial score (nSPS) is 12.4. The molecule has 6 nitrogen and oxygen atoms in total. The van der Waals surface area contributed by atoms with Crippen LogP contribution in [0.2, 0.25) is 0 Å². The number of thiophene rings is 1. The van der Waals surface area contributed by atoms with E-state index >= 15 is 0 Å². The molecule has 1 amide bonds. The van der Waals surface area contributed by atoms with Crippen molar-refractivity contribution in [2.75, 3.05) is 20.3 Å². The van der Waals surface area contributed by atoms with Crippen molar-refractivity contribution in [3.05, 3.63) is 86.8 Å². The molecule has 0 saturated heterocycles. The van der Waals surface area contributed by atoms with Gasteiger partial charge in [-0.2, -0.15) is 0 Å². The summed E-state index contributed by atoms with van der Waals surface area (Å²) in [4.78, 5) is 36.9. The van der Waals surface area contributed by atoms with Gasteiger partial charge < -0.3 is 14.6 Å². The molecular weight excluding hydrogens is 422 g/mol. The molecule has 2 aromatic carbocycles. The van der Waals surface area contributed by atoms with Crippen LogP contribution < -0.4 is 5.56 Å². The summed E-state index contributed by atoms with van der Waals surface area (Å²) >= 11 is 1.54. The van der Waals surface area contributed by atoms with Crippen molar-refractivity contribution >= 4 is 28.1 Å². The van der Waals surface area contributed by atoms with Crippen LogP contribution in [-0.4, -0.2) is 41.0 Å². The molecule has 32 heavy (non-hydrogen) atoms. The van der Waals surface area contributed by atoms with Gasteiger partial charge in [0.25, 0.3) is 11.5 Å². The van der Waals surface area contributed by atoms with E-state index in [-0.39, 0.29) is 18.0 Å². The highest BCUT2D eigenvalue weighted by atomic mass is 32.1. The third kappa shape index (κ3) is 3.85. The van der Waals surface area contributed by atoms with Crippen LogP contribution in [0, 0.1) is 0 Å². The molecule has 0 spiro atoms. The third-order valence-electron chi connectivity index (χ3n) is 5.80. The van der Waals surface area contributed by atoms with Crippen molar-refractivity contribution in [1.82, 2.24) is 14.9 Å². The van der Waals surface area contributed by atoms with Crippen LogP contribution in [-0.2, 0) is 24.1 Å². The van der Waals surface area contributed by atoms with Crippen molar-refractivity contribution in [2.45, 2.75) is 19.4 Å². The summed E-state index contributed by atoms with van der Waals surface area (Å²) < 4.78 is 5.23. The highest BCUT2D eigenvalue weighted by molar-refractivity contribution is 7.17. The minimum Gasteiger partial charge on any atom is -0.383 e. The molecule has 0 saturated carbocycles. The topological polar surface area (TPSA) is 75.3 Å². The Labute approximate surface area is 189 Å². The molecule has 0 atom stereocenters. The molecule has 1 aliphatic rings. The van der Waals surface area contributed by atoms with Gasteiger partial charge in [-0.1, -0.05) is 36.4 Å². The number of carbonyl (C=O) groups excluding carboxylic acids is 1. The summed E-state index contributed by atoms with van der Waals surface area (Å²) in [7, 11) is 1.61. The van der Waals surface area contributed by atoms with Gasteiger partial charge in [0.2, 0.25) is 0 Å². The molecular formula is C25H23N3O3S. The van der Waals surface area contributed by atoms with E-state index in [1.165, 1.54) is 32.9 Å². The van der Waals surface area contributed by atoms with E-state index in [1.54, 1.807) is 24.1 Å². The van der Waals surface area contributed by atoms with Crippen molar-refractivity contribution in [3.8, 4) is 10.4 Å². The summed E-state index contributed by atoms with van der Waals surface area (Å²) in [6.45, 7) is 1.02. The van der Waals surface area contributed by atoms with Crippen molar-refractivity contribution < 1.29 is 9.53 Å². The lowest BCUT2D eigenvalue weighted by Crippen LogP contribution is -2.34. The van der Waals surface area contributed by atoms with E-state index in [0.29, 0.717) is 34.8 Å². The smallest absolute Gasteiger partial charge is 0.264 e. The van der Waals surface area contributed by atoms with Crippen molar-refractivity contribution in [1.29, 1.82) is 0 Å².